The third-order valence-electron chi connectivity index (χ3n) is 6.93. The normalized spacial score (nSPS) is 21.2. The molecule has 2 aromatic carbocycles. The Morgan fingerprint density at radius 3 is 2.42 bits per heavy atom. The van der Waals surface area contributed by atoms with Crippen LogP contribution >= 0.6 is 0 Å². The summed E-state index contributed by atoms with van der Waals surface area (Å²) in [5.41, 5.74) is 2.01. The van der Waals surface area contributed by atoms with Crippen molar-refractivity contribution >= 4 is 36.7 Å². The van der Waals surface area contributed by atoms with Crippen molar-refractivity contribution in [1.82, 2.24) is 4.90 Å². The van der Waals surface area contributed by atoms with E-state index >= 15 is 0 Å². The van der Waals surface area contributed by atoms with Gasteiger partial charge < -0.3 is 19.7 Å². The van der Waals surface area contributed by atoms with Crippen LogP contribution in [0.3, 0.4) is 0 Å². The Balaban J connectivity index is 1.60. The molecule has 1 N–H and O–H groups in total. The van der Waals surface area contributed by atoms with E-state index in [0.29, 0.717) is 42.4 Å². The Morgan fingerprint density at radius 1 is 1.08 bits per heavy atom. The fourth-order valence-electron chi connectivity index (χ4n) is 4.99. The number of amides is 2. The highest BCUT2D eigenvalue weighted by Crippen LogP contribution is 2.38. The minimum Gasteiger partial charge on any atom is -0.497 e. The van der Waals surface area contributed by atoms with Crippen LogP contribution in [0.4, 0.5) is 10.1 Å². The second-order valence-electron chi connectivity index (χ2n) is 10.6. The van der Waals surface area contributed by atoms with Crippen LogP contribution in [0.5, 0.6) is 5.75 Å². The van der Waals surface area contributed by atoms with Crippen LogP contribution in [-0.4, -0.2) is 50.5 Å². The van der Waals surface area contributed by atoms with E-state index in [9.17, 15) is 18.8 Å². The van der Waals surface area contributed by atoms with Gasteiger partial charge >= 0.3 is 5.97 Å². The first-order valence-electron chi connectivity index (χ1n) is 12.2. The SMILES string of the molecule is COc1ccc2c(c1)CCN(C(=O)C1CC(OC(C)=O)C1)[C@H]2C(=O)Nc1ccc([Si](C)(C)C)c(F)c1. The number of esters is 1. The van der Waals surface area contributed by atoms with Crippen LogP contribution in [-0.2, 0) is 25.5 Å². The molecule has 36 heavy (non-hydrogen) atoms. The minimum atomic E-state index is -1.87. The summed E-state index contributed by atoms with van der Waals surface area (Å²) >= 11 is 0. The topological polar surface area (TPSA) is 84.9 Å². The van der Waals surface area contributed by atoms with Crippen LogP contribution in [0.2, 0.25) is 19.6 Å². The minimum absolute atomic E-state index is 0.139. The van der Waals surface area contributed by atoms with Gasteiger partial charge in [0.05, 0.1) is 15.2 Å². The first-order valence-corrected chi connectivity index (χ1v) is 15.7. The van der Waals surface area contributed by atoms with Gasteiger partial charge in [0.25, 0.3) is 5.91 Å². The molecule has 1 aliphatic heterocycles. The molecule has 9 heteroatoms. The van der Waals surface area contributed by atoms with Gasteiger partial charge in [-0.05, 0) is 59.8 Å². The highest BCUT2D eigenvalue weighted by atomic mass is 28.3. The van der Waals surface area contributed by atoms with Crippen molar-refractivity contribution in [3.05, 3.63) is 53.3 Å². The lowest BCUT2D eigenvalue weighted by molar-refractivity contribution is -0.161. The predicted molar refractivity (Wildman–Crippen MR) is 137 cm³/mol. The molecular formula is C27H33FN2O5Si. The molecule has 1 heterocycles. The van der Waals surface area contributed by atoms with Gasteiger partial charge in [0.15, 0.2) is 0 Å². The highest BCUT2D eigenvalue weighted by Gasteiger charge is 2.44. The summed E-state index contributed by atoms with van der Waals surface area (Å²) in [6, 6.07) is 9.42. The van der Waals surface area contributed by atoms with Crippen molar-refractivity contribution < 1.29 is 28.2 Å². The number of hydrogen-bond acceptors (Lipinski definition) is 5. The summed E-state index contributed by atoms with van der Waals surface area (Å²) in [7, 11) is -0.283. The van der Waals surface area contributed by atoms with Crippen molar-refractivity contribution in [2.24, 2.45) is 5.92 Å². The Bertz CT molecular complexity index is 1190. The molecule has 1 saturated carbocycles. The summed E-state index contributed by atoms with van der Waals surface area (Å²) in [5.74, 6) is -0.861. The number of nitrogens with one attached hydrogen (secondary N) is 1. The van der Waals surface area contributed by atoms with Gasteiger partial charge in [-0.15, -0.1) is 0 Å². The van der Waals surface area contributed by atoms with E-state index in [0.717, 1.165) is 11.1 Å². The van der Waals surface area contributed by atoms with E-state index in [1.54, 1.807) is 30.2 Å². The smallest absolute Gasteiger partial charge is 0.302 e. The number of nitrogens with zero attached hydrogens (tertiary/aromatic N) is 1. The first-order chi connectivity index (χ1) is 17.0. The maximum atomic E-state index is 14.8. The molecule has 192 valence electrons. The van der Waals surface area contributed by atoms with E-state index < -0.39 is 20.0 Å². The standard InChI is InChI=1S/C27H33FN2O5Si/c1-16(31)35-21-13-18(14-21)27(33)30-11-10-17-12-20(34-2)7-8-22(17)25(30)26(32)29-19-6-9-24(23(28)15-19)36(3,4)5/h6-9,12,15,18,21,25H,10-11,13-14H2,1-5H3,(H,29,32)/t18?,21?,25-/m1/s1. The molecule has 0 unspecified atom stereocenters. The Hall–Kier alpha value is -3.20. The molecule has 2 aromatic rings. The molecule has 2 aliphatic rings. The number of methoxy groups -OCH3 is 1. The van der Waals surface area contributed by atoms with Gasteiger partial charge in [-0.2, -0.15) is 0 Å². The third kappa shape index (κ3) is 5.30. The summed E-state index contributed by atoms with van der Waals surface area (Å²) in [5, 5.41) is 3.53. The fraction of sp³-hybridized carbons (Fsp3) is 0.444. The largest absolute Gasteiger partial charge is 0.497 e. The van der Waals surface area contributed by atoms with Gasteiger partial charge in [0.1, 0.15) is 23.7 Å². The maximum absolute atomic E-state index is 14.8. The summed E-state index contributed by atoms with van der Waals surface area (Å²) in [6.45, 7) is 7.91. The number of carbonyl (C=O) groups is 3. The third-order valence-corrected chi connectivity index (χ3v) is 8.95. The molecule has 0 saturated heterocycles. The predicted octanol–water partition coefficient (Wildman–Crippen LogP) is 3.79. The lowest BCUT2D eigenvalue weighted by atomic mass is 9.80. The molecule has 0 aromatic heterocycles. The quantitative estimate of drug-likeness (QED) is 0.470. The fourth-order valence-corrected chi connectivity index (χ4v) is 6.37. The van der Waals surface area contributed by atoms with E-state index in [1.807, 2.05) is 12.1 Å². The summed E-state index contributed by atoms with van der Waals surface area (Å²) < 4.78 is 25.4. The second kappa shape index (κ2) is 10.0. The zero-order valence-electron chi connectivity index (χ0n) is 21.4. The zero-order chi connectivity index (χ0) is 26.2. The number of rotatable bonds is 6. The Labute approximate surface area is 212 Å². The van der Waals surface area contributed by atoms with Gasteiger partial charge in [0.2, 0.25) is 5.91 Å². The van der Waals surface area contributed by atoms with Crippen molar-refractivity contribution in [2.75, 3.05) is 19.0 Å². The van der Waals surface area contributed by atoms with Crippen molar-refractivity contribution in [3.8, 4) is 5.75 Å². The molecule has 2 amide bonds. The number of anilines is 1. The van der Waals surface area contributed by atoms with Gasteiger partial charge in [-0.3, -0.25) is 14.4 Å². The maximum Gasteiger partial charge on any atom is 0.302 e. The molecule has 1 aliphatic carbocycles. The number of ether oxygens (including phenoxy) is 2. The zero-order valence-corrected chi connectivity index (χ0v) is 22.4. The average Bonchev–Trinajstić information content (AvgIpc) is 2.78. The van der Waals surface area contributed by atoms with Gasteiger partial charge in [0, 0.05) is 25.1 Å². The number of hydrogen-bond donors (Lipinski definition) is 1. The van der Waals surface area contributed by atoms with E-state index in [2.05, 4.69) is 25.0 Å². The van der Waals surface area contributed by atoms with Crippen LogP contribution in [0.15, 0.2) is 36.4 Å². The molecule has 7 nitrogen and oxygen atoms in total. The lowest BCUT2D eigenvalue weighted by Crippen LogP contribution is -2.51. The number of halogens is 1. The number of benzene rings is 2. The molecule has 1 atom stereocenters. The molecule has 0 radical (unpaired) electrons. The van der Waals surface area contributed by atoms with Crippen LogP contribution in [0.25, 0.3) is 0 Å². The lowest BCUT2D eigenvalue weighted by Gasteiger charge is -2.42. The first kappa shape index (κ1) is 25.9. The van der Waals surface area contributed by atoms with E-state index in [-0.39, 0.29) is 29.7 Å². The van der Waals surface area contributed by atoms with E-state index in [1.165, 1.54) is 13.0 Å². The Morgan fingerprint density at radius 2 is 1.81 bits per heavy atom. The van der Waals surface area contributed by atoms with Crippen molar-refractivity contribution in [1.29, 1.82) is 0 Å². The van der Waals surface area contributed by atoms with Crippen molar-refractivity contribution in [2.45, 2.75) is 58.0 Å². The molecular weight excluding hydrogens is 479 g/mol. The van der Waals surface area contributed by atoms with Crippen LogP contribution < -0.4 is 15.2 Å². The summed E-state index contributed by atoms with van der Waals surface area (Å²) in [6.07, 6.45) is 1.21. The molecule has 0 bridgehead atoms. The van der Waals surface area contributed by atoms with E-state index in [4.69, 9.17) is 9.47 Å². The molecule has 1 fully saturated rings. The second-order valence-corrected chi connectivity index (χ2v) is 15.6. The number of carbonyl (C=O) groups excluding carboxylic acids is 3. The molecule has 4 rings (SSSR count). The van der Waals surface area contributed by atoms with Gasteiger partial charge in [-0.25, -0.2) is 4.39 Å². The van der Waals surface area contributed by atoms with Crippen LogP contribution in [0.1, 0.15) is 36.9 Å². The van der Waals surface area contributed by atoms with Crippen molar-refractivity contribution in [3.63, 3.8) is 0 Å². The highest BCUT2D eigenvalue weighted by molar-refractivity contribution is 6.88. The Kier molecular flexibility index (Phi) is 7.22. The average molecular weight is 513 g/mol. The van der Waals surface area contributed by atoms with Crippen LogP contribution in [0, 0.1) is 11.7 Å². The number of fused-ring (bicyclic) bond motifs is 1. The summed E-state index contributed by atoms with van der Waals surface area (Å²) in [4.78, 5) is 39.9. The monoisotopic (exact) mass is 512 g/mol. The molecule has 0 spiro atoms. The van der Waals surface area contributed by atoms with Gasteiger partial charge in [-0.1, -0.05) is 31.8 Å².